The molecule has 2 rings (SSSR count). The molecule has 0 atom stereocenters. The van der Waals surface area contributed by atoms with E-state index in [0.29, 0.717) is 0 Å². The maximum absolute atomic E-state index is 4.36. The first kappa shape index (κ1) is 9.27. The Labute approximate surface area is 88.0 Å². The van der Waals surface area contributed by atoms with Crippen LogP contribution < -0.4 is 5.32 Å². The van der Waals surface area contributed by atoms with Crippen LogP contribution in [0.3, 0.4) is 0 Å². The summed E-state index contributed by atoms with van der Waals surface area (Å²) in [6, 6.07) is 3.95. The zero-order valence-corrected chi connectivity index (χ0v) is 8.97. The van der Waals surface area contributed by atoms with Gasteiger partial charge in [-0.05, 0) is 24.6 Å². The van der Waals surface area contributed by atoms with Crippen molar-refractivity contribution in [2.45, 2.75) is 11.8 Å². The maximum Gasteiger partial charge on any atom is 0.137 e. The van der Waals surface area contributed by atoms with E-state index in [4.69, 9.17) is 0 Å². The van der Waals surface area contributed by atoms with Crippen molar-refractivity contribution in [3.8, 4) is 0 Å². The lowest BCUT2D eigenvalue weighted by molar-refractivity contribution is 1.18. The number of nitrogens with zero attached hydrogens (tertiary/aromatic N) is 2. The molecule has 0 aliphatic rings. The molecule has 0 saturated heterocycles. The van der Waals surface area contributed by atoms with Crippen molar-refractivity contribution in [3.05, 3.63) is 24.0 Å². The van der Waals surface area contributed by atoms with Crippen molar-refractivity contribution in [2.75, 3.05) is 12.4 Å². The van der Waals surface area contributed by atoms with Crippen molar-refractivity contribution in [1.82, 2.24) is 9.97 Å². The molecule has 1 N–H and O–H groups in total. The number of aromatic nitrogens is 2. The molecule has 72 valence electrons. The molecule has 4 heteroatoms. The highest BCUT2D eigenvalue weighted by atomic mass is 32.1. The molecule has 0 fully saturated rings. The Morgan fingerprint density at radius 2 is 2.07 bits per heavy atom. The van der Waals surface area contributed by atoms with Crippen LogP contribution in [0.2, 0.25) is 0 Å². The first-order chi connectivity index (χ1) is 6.74. The summed E-state index contributed by atoms with van der Waals surface area (Å²) >= 11 is 4.36. The minimum Gasteiger partial charge on any atom is -0.373 e. The third kappa shape index (κ3) is 1.32. The summed E-state index contributed by atoms with van der Waals surface area (Å²) in [7, 11) is 1.85. The lowest BCUT2D eigenvalue weighted by Crippen LogP contribution is -1.96. The van der Waals surface area contributed by atoms with Gasteiger partial charge in [0.25, 0.3) is 0 Å². The normalized spacial score (nSPS) is 10.5. The second kappa shape index (κ2) is 3.46. The smallest absolute Gasteiger partial charge is 0.137 e. The van der Waals surface area contributed by atoms with Crippen molar-refractivity contribution < 1.29 is 0 Å². The molecule has 2 aromatic rings. The zero-order chi connectivity index (χ0) is 10.1. The Hall–Kier alpha value is -1.29. The number of nitrogens with one attached hydrogen (secondary N) is 1. The molecule has 0 spiro atoms. The minimum atomic E-state index is 0.853. The molecule has 0 radical (unpaired) electrons. The Bertz CT molecular complexity index is 482. The van der Waals surface area contributed by atoms with E-state index in [1.165, 1.54) is 0 Å². The Balaban J connectivity index is 2.86. The summed E-state index contributed by atoms with van der Waals surface area (Å²) in [5, 5.41) is 4.07. The van der Waals surface area contributed by atoms with Crippen molar-refractivity contribution >= 4 is 29.3 Å². The Morgan fingerprint density at radius 3 is 2.79 bits per heavy atom. The summed E-state index contributed by atoms with van der Waals surface area (Å²) in [5.41, 5.74) is 2.04. The number of benzene rings is 1. The van der Waals surface area contributed by atoms with Gasteiger partial charge in [0, 0.05) is 17.3 Å². The quantitative estimate of drug-likeness (QED) is 0.701. The lowest BCUT2D eigenvalue weighted by atomic mass is 10.1. The molecule has 0 bridgehead atoms. The van der Waals surface area contributed by atoms with E-state index in [9.17, 15) is 0 Å². The first-order valence-corrected chi connectivity index (χ1v) is 4.80. The van der Waals surface area contributed by atoms with Crippen LogP contribution in [0.1, 0.15) is 5.56 Å². The van der Waals surface area contributed by atoms with Gasteiger partial charge < -0.3 is 5.32 Å². The summed E-state index contributed by atoms with van der Waals surface area (Å²) in [6.45, 7) is 2.01. The highest BCUT2D eigenvalue weighted by Gasteiger charge is 2.05. The van der Waals surface area contributed by atoms with E-state index in [2.05, 4.69) is 27.9 Å². The van der Waals surface area contributed by atoms with Gasteiger partial charge in [0.15, 0.2) is 0 Å². The molecule has 0 aliphatic carbocycles. The van der Waals surface area contributed by atoms with Crippen LogP contribution in [-0.4, -0.2) is 17.0 Å². The van der Waals surface area contributed by atoms with Gasteiger partial charge in [-0.25, -0.2) is 9.97 Å². The second-order valence-electron chi connectivity index (χ2n) is 3.08. The maximum atomic E-state index is 4.36. The van der Waals surface area contributed by atoms with Crippen LogP contribution in [0.25, 0.3) is 10.9 Å². The Kier molecular flexibility index (Phi) is 2.29. The molecule has 0 amide bonds. The average molecular weight is 205 g/mol. The first-order valence-electron chi connectivity index (χ1n) is 4.35. The second-order valence-corrected chi connectivity index (χ2v) is 3.56. The van der Waals surface area contributed by atoms with E-state index in [-0.39, 0.29) is 0 Å². The number of fused-ring (bicyclic) bond motifs is 1. The predicted octanol–water partition coefficient (Wildman–Crippen LogP) is 2.27. The topological polar surface area (TPSA) is 37.8 Å². The molecule has 0 unspecified atom stereocenters. The van der Waals surface area contributed by atoms with Gasteiger partial charge in [0.1, 0.15) is 12.1 Å². The monoisotopic (exact) mass is 205 g/mol. The van der Waals surface area contributed by atoms with E-state index in [1.54, 1.807) is 6.33 Å². The number of anilines is 1. The predicted molar refractivity (Wildman–Crippen MR) is 61.1 cm³/mol. The Morgan fingerprint density at radius 1 is 1.29 bits per heavy atom. The summed E-state index contributed by atoms with van der Waals surface area (Å²) in [4.78, 5) is 9.36. The zero-order valence-electron chi connectivity index (χ0n) is 8.07. The third-order valence-electron chi connectivity index (χ3n) is 2.27. The fraction of sp³-hybridized carbons (Fsp3) is 0.200. The fourth-order valence-electron chi connectivity index (χ4n) is 1.46. The molecular formula is C10H11N3S. The van der Waals surface area contributed by atoms with Crippen LogP contribution in [0.4, 0.5) is 5.82 Å². The SMILES string of the molecule is CNc1ncnc2c(C)c(S)ccc12. The minimum absolute atomic E-state index is 0.853. The molecule has 0 aliphatic heterocycles. The van der Waals surface area contributed by atoms with Crippen molar-refractivity contribution in [2.24, 2.45) is 0 Å². The van der Waals surface area contributed by atoms with Gasteiger partial charge in [-0.1, -0.05) is 0 Å². The van der Waals surface area contributed by atoms with Crippen LogP contribution >= 0.6 is 12.6 Å². The average Bonchev–Trinajstić information content (AvgIpc) is 2.23. The van der Waals surface area contributed by atoms with E-state index in [1.807, 2.05) is 26.1 Å². The number of thiol groups is 1. The lowest BCUT2D eigenvalue weighted by Gasteiger charge is -2.07. The van der Waals surface area contributed by atoms with Gasteiger partial charge in [-0.3, -0.25) is 0 Å². The highest BCUT2D eigenvalue weighted by Crippen LogP contribution is 2.25. The van der Waals surface area contributed by atoms with Gasteiger partial charge in [-0.2, -0.15) is 0 Å². The third-order valence-corrected chi connectivity index (χ3v) is 2.75. The largest absolute Gasteiger partial charge is 0.373 e. The molecule has 1 heterocycles. The summed E-state index contributed by atoms with van der Waals surface area (Å²) < 4.78 is 0. The van der Waals surface area contributed by atoms with Crippen LogP contribution in [0.15, 0.2) is 23.4 Å². The molecule has 3 nitrogen and oxygen atoms in total. The molecular weight excluding hydrogens is 194 g/mol. The van der Waals surface area contributed by atoms with Crippen LogP contribution in [0, 0.1) is 6.92 Å². The van der Waals surface area contributed by atoms with Gasteiger partial charge in [0.2, 0.25) is 0 Å². The summed E-state index contributed by atoms with van der Waals surface area (Å²) in [5.74, 6) is 0.853. The number of aryl methyl sites for hydroxylation is 1. The van der Waals surface area contributed by atoms with Gasteiger partial charge in [-0.15, -0.1) is 12.6 Å². The number of rotatable bonds is 1. The van der Waals surface area contributed by atoms with Crippen molar-refractivity contribution in [3.63, 3.8) is 0 Å². The number of hydrogen-bond donors (Lipinski definition) is 2. The number of hydrogen-bond acceptors (Lipinski definition) is 4. The van der Waals surface area contributed by atoms with E-state index < -0.39 is 0 Å². The standard InChI is InChI=1S/C10H11N3S/c1-6-8(14)4-3-7-9(6)12-5-13-10(7)11-2/h3-5,14H,1-2H3,(H,11,12,13). The molecule has 14 heavy (non-hydrogen) atoms. The molecule has 0 saturated carbocycles. The van der Waals surface area contributed by atoms with Gasteiger partial charge in [0.05, 0.1) is 5.52 Å². The van der Waals surface area contributed by atoms with Crippen molar-refractivity contribution in [1.29, 1.82) is 0 Å². The molecule has 1 aromatic carbocycles. The summed E-state index contributed by atoms with van der Waals surface area (Å²) in [6.07, 6.45) is 1.56. The fourth-order valence-corrected chi connectivity index (χ4v) is 1.64. The van der Waals surface area contributed by atoms with E-state index >= 15 is 0 Å². The van der Waals surface area contributed by atoms with Gasteiger partial charge >= 0.3 is 0 Å². The van der Waals surface area contributed by atoms with Crippen LogP contribution in [-0.2, 0) is 0 Å². The van der Waals surface area contributed by atoms with E-state index in [0.717, 1.165) is 27.2 Å². The van der Waals surface area contributed by atoms with Crippen LogP contribution in [0.5, 0.6) is 0 Å². The highest BCUT2D eigenvalue weighted by molar-refractivity contribution is 7.80. The molecule has 1 aromatic heterocycles.